The van der Waals surface area contributed by atoms with E-state index in [9.17, 15) is 19.2 Å². The molecule has 38 heavy (non-hydrogen) atoms. The van der Waals surface area contributed by atoms with Crippen LogP contribution in [0, 0.1) is 23.7 Å². The van der Waals surface area contributed by atoms with Crippen molar-refractivity contribution in [2.24, 2.45) is 17.6 Å². The maximum absolute atomic E-state index is 12.0. The number of Topliss-reactive ketones (excluding diaryl/α,β-unsaturated/α-hetero) is 1. The zero-order valence-corrected chi connectivity index (χ0v) is 23.6. The molecule has 1 unspecified atom stereocenters. The third-order valence-corrected chi connectivity index (χ3v) is 6.72. The molecule has 8 nitrogen and oxygen atoms in total. The number of nitrogens with two attached hydrogens (primary N) is 1. The van der Waals surface area contributed by atoms with Crippen molar-refractivity contribution >= 4 is 23.6 Å². The first kappa shape index (κ1) is 35.6. The summed E-state index contributed by atoms with van der Waals surface area (Å²) in [5.41, 5.74) is 5.14. The Labute approximate surface area is 231 Å². The maximum atomic E-state index is 12.0. The molecule has 2 atom stereocenters. The highest BCUT2D eigenvalue weighted by atomic mass is 16.4. The fraction of sp³-hybridized carbons (Fsp3) is 0.800. The minimum absolute atomic E-state index is 0. The molecule has 0 aromatic carbocycles. The molecule has 0 rings (SSSR count). The average molecular weight is 539 g/mol. The van der Waals surface area contributed by atoms with Crippen LogP contribution in [-0.4, -0.2) is 46.9 Å². The van der Waals surface area contributed by atoms with Crippen molar-refractivity contribution in [3.05, 3.63) is 0 Å². The first-order valence-corrected chi connectivity index (χ1v) is 14.7. The fourth-order valence-electron chi connectivity index (χ4n) is 4.16. The van der Waals surface area contributed by atoms with Crippen molar-refractivity contribution in [1.29, 1.82) is 0 Å². The molecule has 5 N–H and O–H groups in total. The minimum atomic E-state index is -0.858. The van der Waals surface area contributed by atoms with Crippen LogP contribution >= 0.6 is 0 Å². The molecule has 0 saturated heterocycles. The Morgan fingerprint density at radius 3 is 1.71 bits per heavy atom. The van der Waals surface area contributed by atoms with Gasteiger partial charge in [0.25, 0.3) is 0 Å². The molecule has 0 saturated carbocycles. The fourth-order valence-corrected chi connectivity index (χ4v) is 4.16. The summed E-state index contributed by atoms with van der Waals surface area (Å²) in [6.07, 6.45) is 18.3. The van der Waals surface area contributed by atoms with Gasteiger partial charge in [0.1, 0.15) is 5.78 Å². The van der Waals surface area contributed by atoms with E-state index >= 15 is 0 Å². The molecule has 0 heterocycles. The van der Waals surface area contributed by atoms with E-state index in [0.717, 1.165) is 32.1 Å². The average Bonchev–Trinajstić information content (AvgIpc) is 2.88. The molecule has 8 heteroatoms. The monoisotopic (exact) mass is 538 g/mol. The minimum Gasteiger partial charge on any atom is -0.481 e. The second-order valence-corrected chi connectivity index (χ2v) is 10.3. The summed E-state index contributed by atoms with van der Waals surface area (Å²) in [4.78, 5) is 45.5. The summed E-state index contributed by atoms with van der Waals surface area (Å²) in [7, 11) is 0. The van der Waals surface area contributed by atoms with Gasteiger partial charge in [-0.3, -0.25) is 19.2 Å². The van der Waals surface area contributed by atoms with Crippen LogP contribution in [0.15, 0.2) is 0 Å². The Kier molecular flexibility index (Phi) is 23.3. The molecule has 0 fully saturated rings. The molecule has 0 aromatic heterocycles. The number of unbranched alkanes of at least 4 members (excludes halogenated alkanes) is 14. The Balaban J connectivity index is 0. The predicted molar refractivity (Wildman–Crippen MR) is 152 cm³/mol. The van der Waals surface area contributed by atoms with E-state index in [4.69, 9.17) is 15.9 Å². The van der Waals surface area contributed by atoms with Crippen LogP contribution in [0.25, 0.3) is 0 Å². The third-order valence-electron chi connectivity index (χ3n) is 6.72. The second kappa shape index (κ2) is 24.9. The van der Waals surface area contributed by atoms with E-state index < -0.39 is 30.3 Å². The van der Waals surface area contributed by atoms with Gasteiger partial charge >= 0.3 is 5.97 Å². The number of carboxylic acids is 1. The number of ketones is 1. The topological polar surface area (TPSA) is 147 Å². The van der Waals surface area contributed by atoms with Gasteiger partial charge in [-0.05, 0) is 26.2 Å². The van der Waals surface area contributed by atoms with Crippen molar-refractivity contribution in [3.8, 4) is 11.8 Å². The van der Waals surface area contributed by atoms with Crippen LogP contribution in [0.3, 0.4) is 0 Å². The summed E-state index contributed by atoms with van der Waals surface area (Å²) in [6, 6.07) is 0. The molecule has 0 aromatic rings. The number of amides is 2. The number of hydrogen-bond donors (Lipinski definition) is 4. The number of primary amides is 1. The molecule has 0 aliphatic heterocycles. The SMILES string of the molecule is CC(C#CCCCNC(=O)CCCCCCCCCCCCCCCCC(=O)O)C(=O)C[C@@H](CO)C(N)=O.[HH]. The Morgan fingerprint density at radius 2 is 1.26 bits per heavy atom. The van der Waals surface area contributed by atoms with Gasteiger partial charge in [0.05, 0.1) is 18.4 Å². The summed E-state index contributed by atoms with van der Waals surface area (Å²) < 4.78 is 0. The summed E-state index contributed by atoms with van der Waals surface area (Å²) in [6.45, 7) is 1.80. The molecule has 0 aliphatic rings. The van der Waals surface area contributed by atoms with Crippen molar-refractivity contribution < 1.29 is 30.8 Å². The number of carboxylic acid groups (broad SMARTS) is 1. The van der Waals surface area contributed by atoms with Crippen molar-refractivity contribution in [3.63, 3.8) is 0 Å². The third kappa shape index (κ3) is 22.8. The van der Waals surface area contributed by atoms with Gasteiger partial charge in [-0.2, -0.15) is 0 Å². The molecule has 0 aliphatic carbocycles. The zero-order chi connectivity index (χ0) is 28.4. The van der Waals surface area contributed by atoms with Gasteiger partial charge in [0.15, 0.2) is 0 Å². The van der Waals surface area contributed by atoms with Gasteiger partial charge in [-0.25, -0.2) is 0 Å². The summed E-state index contributed by atoms with van der Waals surface area (Å²) in [5, 5.41) is 20.6. The number of aliphatic hydroxyl groups is 1. The lowest BCUT2D eigenvalue weighted by Crippen LogP contribution is -2.29. The van der Waals surface area contributed by atoms with Crippen LogP contribution in [0.4, 0.5) is 0 Å². The molecule has 0 bridgehead atoms. The number of carbonyl (C=O) groups is 4. The number of rotatable bonds is 25. The molecule has 2 amide bonds. The van der Waals surface area contributed by atoms with Crippen LogP contribution in [-0.2, 0) is 19.2 Å². The van der Waals surface area contributed by atoms with Crippen LogP contribution in [0.1, 0.15) is 130 Å². The number of aliphatic hydroxyl groups excluding tert-OH is 1. The van der Waals surface area contributed by atoms with Crippen molar-refractivity contribution in [1.82, 2.24) is 5.32 Å². The lowest BCUT2D eigenvalue weighted by atomic mass is 9.95. The van der Waals surface area contributed by atoms with E-state index in [1.165, 1.54) is 57.8 Å². The highest BCUT2D eigenvalue weighted by Gasteiger charge is 2.21. The van der Waals surface area contributed by atoms with Crippen LogP contribution in [0.5, 0.6) is 0 Å². The van der Waals surface area contributed by atoms with Crippen molar-refractivity contribution in [2.75, 3.05) is 13.2 Å². The van der Waals surface area contributed by atoms with Gasteiger partial charge in [-0.15, -0.1) is 5.92 Å². The number of aliphatic carboxylic acids is 1. The van der Waals surface area contributed by atoms with Gasteiger partial charge in [0, 0.05) is 33.7 Å². The number of hydrogen-bond acceptors (Lipinski definition) is 5. The highest BCUT2D eigenvalue weighted by molar-refractivity contribution is 5.88. The van der Waals surface area contributed by atoms with E-state index in [-0.39, 0.29) is 19.5 Å². The molecule has 0 radical (unpaired) electrons. The molecular weight excluding hydrogens is 484 g/mol. The smallest absolute Gasteiger partial charge is 0.303 e. The maximum Gasteiger partial charge on any atom is 0.303 e. The molecule has 220 valence electrons. The van der Waals surface area contributed by atoms with E-state index in [1.807, 2.05) is 0 Å². The Bertz CT molecular complexity index is 735. The lowest BCUT2D eigenvalue weighted by Gasteiger charge is -2.10. The Hall–Kier alpha value is -2.40. The highest BCUT2D eigenvalue weighted by Crippen LogP contribution is 2.14. The predicted octanol–water partition coefficient (Wildman–Crippen LogP) is 5.15. The largest absolute Gasteiger partial charge is 0.481 e. The first-order chi connectivity index (χ1) is 18.3. The van der Waals surface area contributed by atoms with Crippen LogP contribution < -0.4 is 11.1 Å². The van der Waals surface area contributed by atoms with E-state index in [1.54, 1.807) is 6.92 Å². The van der Waals surface area contributed by atoms with Crippen molar-refractivity contribution in [2.45, 2.75) is 129 Å². The van der Waals surface area contributed by atoms with E-state index in [2.05, 4.69) is 17.2 Å². The molecular formula is C30H54N2O6. The number of carbonyl (C=O) groups excluding carboxylic acids is 3. The van der Waals surface area contributed by atoms with Crippen LogP contribution in [0.2, 0.25) is 0 Å². The quantitative estimate of drug-likeness (QED) is 0.0934. The number of nitrogens with one attached hydrogen (secondary N) is 1. The van der Waals surface area contributed by atoms with Gasteiger partial charge in [0.2, 0.25) is 11.8 Å². The second-order valence-electron chi connectivity index (χ2n) is 10.3. The standard InChI is InChI=1S/C30H52N2O6.H2/c1-25(27(34)23-26(24-33)30(31)38)19-15-14-18-22-32-28(35)20-16-12-10-8-6-4-2-3-5-7-9-11-13-17-21-29(36)37;/h25-26,33H,2-14,16-18,20-24H2,1H3,(H2,31,38)(H,32,35)(H,36,37);1H/t25?,26-;/m0./s1. The van der Waals surface area contributed by atoms with Gasteiger partial charge in [-0.1, -0.05) is 83.0 Å². The van der Waals surface area contributed by atoms with Gasteiger partial charge < -0.3 is 21.3 Å². The normalized spacial score (nSPS) is 12.3. The molecule has 0 spiro atoms. The first-order valence-electron chi connectivity index (χ1n) is 14.7. The lowest BCUT2D eigenvalue weighted by molar-refractivity contribution is -0.137. The summed E-state index contributed by atoms with van der Waals surface area (Å²) >= 11 is 0. The zero-order valence-electron chi connectivity index (χ0n) is 23.6. The Morgan fingerprint density at radius 1 is 0.789 bits per heavy atom. The summed E-state index contributed by atoms with van der Waals surface area (Å²) in [5.74, 6) is 2.92. The van der Waals surface area contributed by atoms with E-state index in [0.29, 0.717) is 32.2 Å².